The Morgan fingerprint density at radius 1 is 1.19 bits per heavy atom. The summed E-state index contributed by atoms with van der Waals surface area (Å²) in [5.74, 6) is 0.817. The molecule has 138 valence electrons. The number of halogens is 1. The topological polar surface area (TPSA) is 38.1 Å². The van der Waals surface area contributed by atoms with Crippen molar-refractivity contribution in [1.82, 2.24) is 14.7 Å². The number of aryl methyl sites for hydroxylation is 2. The SMILES string of the molecule is Cc1cc(Cl)ccc1-c1c(C(=O)N2CCCC3CCCCC32)cnn1C. The number of aromatic nitrogens is 2. The average Bonchev–Trinajstić information content (AvgIpc) is 3.02. The highest BCUT2D eigenvalue weighted by molar-refractivity contribution is 6.30. The van der Waals surface area contributed by atoms with Gasteiger partial charge in [0.25, 0.3) is 5.91 Å². The summed E-state index contributed by atoms with van der Waals surface area (Å²) in [4.78, 5) is 15.6. The molecule has 1 aromatic carbocycles. The smallest absolute Gasteiger partial charge is 0.257 e. The van der Waals surface area contributed by atoms with Crippen molar-refractivity contribution in [3.63, 3.8) is 0 Å². The molecule has 4 rings (SSSR count). The summed E-state index contributed by atoms with van der Waals surface area (Å²) < 4.78 is 1.81. The first kappa shape index (κ1) is 17.6. The van der Waals surface area contributed by atoms with Gasteiger partial charge in [-0.05, 0) is 56.2 Å². The van der Waals surface area contributed by atoms with Crippen LogP contribution >= 0.6 is 11.6 Å². The normalized spacial score (nSPS) is 23.0. The van der Waals surface area contributed by atoms with Crippen LogP contribution < -0.4 is 0 Å². The average molecular weight is 372 g/mol. The van der Waals surface area contributed by atoms with Crippen molar-refractivity contribution in [3.8, 4) is 11.3 Å². The first-order chi connectivity index (χ1) is 12.6. The maximum absolute atomic E-state index is 13.5. The van der Waals surface area contributed by atoms with Crippen LogP contribution in [0.1, 0.15) is 54.4 Å². The van der Waals surface area contributed by atoms with E-state index in [4.69, 9.17) is 11.6 Å². The van der Waals surface area contributed by atoms with E-state index in [0.29, 0.717) is 22.5 Å². The van der Waals surface area contributed by atoms with Crippen molar-refractivity contribution in [2.24, 2.45) is 13.0 Å². The van der Waals surface area contributed by atoms with Crippen molar-refractivity contribution in [1.29, 1.82) is 0 Å². The Kier molecular flexibility index (Phi) is 4.78. The van der Waals surface area contributed by atoms with Crippen LogP contribution in [-0.2, 0) is 7.05 Å². The van der Waals surface area contributed by atoms with Crippen molar-refractivity contribution in [3.05, 3.63) is 40.5 Å². The molecule has 2 aliphatic rings. The number of rotatable bonds is 2. The number of amides is 1. The lowest BCUT2D eigenvalue weighted by molar-refractivity contribution is 0.0391. The molecular weight excluding hydrogens is 346 g/mol. The molecule has 4 nitrogen and oxygen atoms in total. The lowest BCUT2D eigenvalue weighted by Crippen LogP contribution is -2.49. The lowest BCUT2D eigenvalue weighted by Gasteiger charge is -2.44. The molecule has 1 aliphatic carbocycles. The fourth-order valence-electron chi connectivity index (χ4n) is 4.84. The predicted octanol–water partition coefficient (Wildman–Crippen LogP) is 4.84. The Hall–Kier alpha value is -1.81. The van der Waals surface area contributed by atoms with Crippen LogP contribution in [0.4, 0.5) is 0 Å². The Balaban J connectivity index is 1.71. The standard InChI is InChI=1S/C21H26ClN3O/c1-14-12-16(22)9-10-17(14)20-18(13-23-24(20)2)21(26)25-11-5-7-15-6-3-4-8-19(15)25/h9-10,12-13,15,19H,3-8,11H2,1-2H3. The summed E-state index contributed by atoms with van der Waals surface area (Å²) in [5.41, 5.74) is 3.69. The van der Waals surface area contributed by atoms with Gasteiger partial charge in [-0.1, -0.05) is 30.5 Å². The number of carbonyl (C=O) groups is 1. The zero-order chi connectivity index (χ0) is 18.3. The van der Waals surface area contributed by atoms with Crippen LogP contribution in [0.25, 0.3) is 11.3 Å². The third-order valence-electron chi connectivity index (χ3n) is 6.12. The molecule has 1 aromatic heterocycles. The van der Waals surface area contributed by atoms with Gasteiger partial charge >= 0.3 is 0 Å². The summed E-state index contributed by atoms with van der Waals surface area (Å²) >= 11 is 6.12. The van der Waals surface area contributed by atoms with Gasteiger partial charge in [-0.15, -0.1) is 0 Å². The van der Waals surface area contributed by atoms with E-state index in [1.54, 1.807) is 6.20 Å². The minimum atomic E-state index is 0.138. The Bertz CT molecular complexity index is 827. The predicted molar refractivity (Wildman–Crippen MR) is 104 cm³/mol. The highest BCUT2D eigenvalue weighted by atomic mass is 35.5. The molecule has 0 radical (unpaired) electrons. The van der Waals surface area contributed by atoms with Gasteiger partial charge in [-0.2, -0.15) is 5.10 Å². The van der Waals surface area contributed by atoms with Crippen LogP contribution in [0.3, 0.4) is 0 Å². The molecule has 1 saturated heterocycles. The maximum Gasteiger partial charge on any atom is 0.257 e. The Morgan fingerprint density at radius 3 is 2.77 bits per heavy atom. The number of hydrogen-bond donors (Lipinski definition) is 0. The van der Waals surface area contributed by atoms with Crippen LogP contribution in [0.15, 0.2) is 24.4 Å². The monoisotopic (exact) mass is 371 g/mol. The van der Waals surface area contributed by atoms with E-state index < -0.39 is 0 Å². The van der Waals surface area contributed by atoms with Crippen LogP contribution in [0, 0.1) is 12.8 Å². The molecule has 2 unspecified atom stereocenters. The van der Waals surface area contributed by atoms with Gasteiger partial charge in [0.1, 0.15) is 0 Å². The van der Waals surface area contributed by atoms with Crippen LogP contribution in [0.5, 0.6) is 0 Å². The molecule has 0 N–H and O–H groups in total. The molecule has 2 aromatic rings. The van der Waals surface area contributed by atoms with Crippen LogP contribution in [0.2, 0.25) is 5.02 Å². The third kappa shape index (κ3) is 3.05. The minimum absolute atomic E-state index is 0.138. The maximum atomic E-state index is 13.5. The molecular formula is C21H26ClN3O. The van der Waals surface area contributed by atoms with E-state index >= 15 is 0 Å². The van der Waals surface area contributed by atoms with Gasteiger partial charge in [0.05, 0.1) is 17.5 Å². The second kappa shape index (κ2) is 7.07. The Labute approximate surface area is 160 Å². The van der Waals surface area contributed by atoms with Gasteiger partial charge in [0.2, 0.25) is 0 Å². The van der Waals surface area contributed by atoms with E-state index in [1.807, 2.05) is 36.9 Å². The largest absolute Gasteiger partial charge is 0.335 e. The molecule has 0 bridgehead atoms. The quantitative estimate of drug-likeness (QED) is 0.757. The number of carbonyl (C=O) groups excluding carboxylic acids is 1. The van der Waals surface area contributed by atoms with E-state index in [0.717, 1.165) is 36.2 Å². The van der Waals surface area contributed by atoms with Crippen molar-refractivity contribution in [2.75, 3.05) is 6.54 Å². The number of likely N-dealkylation sites (tertiary alicyclic amines) is 1. The van der Waals surface area contributed by atoms with Crippen molar-refractivity contribution >= 4 is 17.5 Å². The third-order valence-corrected chi connectivity index (χ3v) is 6.35. The summed E-state index contributed by atoms with van der Waals surface area (Å²) in [7, 11) is 1.90. The van der Waals surface area contributed by atoms with Gasteiger partial charge < -0.3 is 4.90 Å². The summed E-state index contributed by atoms with van der Waals surface area (Å²) in [6.07, 6.45) is 9.08. The number of benzene rings is 1. The number of fused-ring (bicyclic) bond motifs is 1. The van der Waals surface area contributed by atoms with E-state index in [9.17, 15) is 4.79 Å². The molecule has 2 atom stereocenters. The highest BCUT2D eigenvalue weighted by Gasteiger charge is 2.37. The van der Waals surface area contributed by atoms with Gasteiger partial charge in [-0.3, -0.25) is 9.48 Å². The van der Waals surface area contributed by atoms with Gasteiger partial charge in [0, 0.05) is 30.2 Å². The molecule has 2 fully saturated rings. The molecule has 5 heteroatoms. The molecule has 0 spiro atoms. The number of hydrogen-bond acceptors (Lipinski definition) is 2. The molecule has 1 aliphatic heterocycles. The second-order valence-electron chi connectivity index (χ2n) is 7.74. The molecule has 1 amide bonds. The first-order valence-corrected chi connectivity index (χ1v) is 10.0. The van der Waals surface area contributed by atoms with Crippen LogP contribution in [-0.4, -0.2) is 33.2 Å². The molecule has 26 heavy (non-hydrogen) atoms. The highest BCUT2D eigenvalue weighted by Crippen LogP contribution is 2.37. The minimum Gasteiger partial charge on any atom is -0.335 e. The van der Waals surface area contributed by atoms with E-state index in [2.05, 4.69) is 10.00 Å². The summed E-state index contributed by atoms with van der Waals surface area (Å²) in [6.45, 7) is 2.90. The zero-order valence-corrected chi connectivity index (χ0v) is 16.3. The lowest BCUT2D eigenvalue weighted by atomic mass is 9.78. The number of nitrogens with zero attached hydrogens (tertiary/aromatic N) is 3. The summed E-state index contributed by atoms with van der Waals surface area (Å²) in [6, 6.07) is 6.22. The van der Waals surface area contributed by atoms with Gasteiger partial charge in [0.15, 0.2) is 0 Å². The van der Waals surface area contributed by atoms with Crippen molar-refractivity contribution in [2.45, 2.75) is 51.5 Å². The van der Waals surface area contributed by atoms with Gasteiger partial charge in [-0.25, -0.2) is 0 Å². The first-order valence-electron chi connectivity index (χ1n) is 9.65. The van der Waals surface area contributed by atoms with Crippen molar-refractivity contribution < 1.29 is 4.79 Å². The second-order valence-corrected chi connectivity index (χ2v) is 8.18. The summed E-state index contributed by atoms with van der Waals surface area (Å²) in [5, 5.41) is 5.12. The molecule has 1 saturated carbocycles. The fourth-order valence-corrected chi connectivity index (χ4v) is 5.06. The fraction of sp³-hybridized carbons (Fsp3) is 0.524. The Morgan fingerprint density at radius 2 is 1.96 bits per heavy atom. The molecule has 2 heterocycles. The van der Waals surface area contributed by atoms with E-state index in [1.165, 1.54) is 25.7 Å². The number of piperidine rings is 1. The van der Waals surface area contributed by atoms with E-state index in [-0.39, 0.29) is 5.91 Å². The zero-order valence-electron chi connectivity index (χ0n) is 15.5.